The van der Waals surface area contributed by atoms with Gasteiger partial charge in [-0.25, -0.2) is 0 Å². The van der Waals surface area contributed by atoms with Crippen molar-refractivity contribution in [1.82, 2.24) is 5.32 Å². The van der Waals surface area contributed by atoms with Crippen LogP contribution in [0.1, 0.15) is 56.6 Å². The largest absolute Gasteiger partial charge is 0.497 e. The standard InChI is InChI=1S/C19H29NO/c1-14(15-6-4-3-5-7-15)20-18-10-8-16-9-11-19(21-2)13-17(16)12-18/h9,11,13-15,18,20H,3-8,10,12H2,1-2H3/t14-,18?/m0/s1. The molecule has 1 fully saturated rings. The third-order valence-electron chi connectivity index (χ3n) is 5.50. The van der Waals surface area contributed by atoms with E-state index in [0.717, 1.165) is 18.1 Å². The second-order valence-corrected chi connectivity index (χ2v) is 6.93. The van der Waals surface area contributed by atoms with Gasteiger partial charge in [-0.2, -0.15) is 0 Å². The lowest BCUT2D eigenvalue weighted by Crippen LogP contribution is -2.44. The maximum atomic E-state index is 5.37. The molecule has 0 saturated heterocycles. The van der Waals surface area contributed by atoms with E-state index in [-0.39, 0.29) is 0 Å². The number of nitrogens with one attached hydrogen (secondary N) is 1. The highest BCUT2D eigenvalue weighted by atomic mass is 16.5. The van der Waals surface area contributed by atoms with Gasteiger partial charge in [0.15, 0.2) is 0 Å². The quantitative estimate of drug-likeness (QED) is 0.900. The van der Waals surface area contributed by atoms with Gasteiger partial charge >= 0.3 is 0 Å². The zero-order chi connectivity index (χ0) is 14.7. The molecular weight excluding hydrogens is 258 g/mol. The molecule has 1 aromatic rings. The highest BCUT2D eigenvalue weighted by molar-refractivity contribution is 5.37. The van der Waals surface area contributed by atoms with Gasteiger partial charge in [0.2, 0.25) is 0 Å². The molecule has 2 aliphatic rings. The first-order valence-electron chi connectivity index (χ1n) is 8.68. The van der Waals surface area contributed by atoms with Gasteiger partial charge in [-0.15, -0.1) is 0 Å². The average molecular weight is 287 g/mol. The van der Waals surface area contributed by atoms with Gasteiger partial charge < -0.3 is 10.1 Å². The Balaban J connectivity index is 1.60. The van der Waals surface area contributed by atoms with Gasteiger partial charge in [0.1, 0.15) is 5.75 Å². The predicted octanol–water partition coefficient (Wildman–Crippen LogP) is 4.11. The minimum Gasteiger partial charge on any atom is -0.497 e. The van der Waals surface area contributed by atoms with Crippen LogP contribution in [0.5, 0.6) is 5.75 Å². The summed E-state index contributed by atoms with van der Waals surface area (Å²) in [6, 6.07) is 7.88. The van der Waals surface area contributed by atoms with E-state index in [1.807, 2.05) is 0 Å². The molecule has 0 radical (unpaired) electrons. The number of methoxy groups -OCH3 is 1. The molecule has 21 heavy (non-hydrogen) atoms. The van der Waals surface area contributed by atoms with Crippen molar-refractivity contribution in [2.24, 2.45) is 5.92 Å². The maximum absolute atomic E-state index is 5.37. The van der Waals surface area contributed by atoms with Gasteiger partial charge in [-0.3, -0.25) is 0 Å². The Morgan fingerprint density at radius 3 is 2.67 bits per heavy atom. The smallest absolute Gasteiger partial charge is 0.119 e. The van der Waals surface area contributed by atoms with Crippen LogP contribution in [0.3, 0.4) is 0 Å². The molecular formula is C19H29NO. The minimum atomic E-state index is 0.640. The van der Waals surface area contributed by atoms with Gasteiger partial charge in [-0.05, 0) is 68.2 Å². The summed E-state index contributed by atoms with van der Waals surface area (Å²) in [7, 11) is 1.76. The fourth-order valence-electron chi connectivity index (χ4n) is 4.14. The number of rotatable bonds is 4. The van der Waals surface area contributed by atoms with Crippen LogP contribution in [0.25, 0.3) is 0 Å². The molecule has 0 aliphatic heterocycles. The minimum absolute atomic E-state index is 0.640. The molecule has 1 N–H and O–H groups in total. The van der Waals surface area contributed by atoms with Crippen LogP contribution in [0, 0.1) is 5.92 Å². The first kappa shape index (κ1) is 14.9. The highest BCUT2D eigenvalue weighted by Crippen LogP contribution is 2.29. The molecule has 3 rings (SSSR count). The van der Waals surface area contributed by atoms with E-state index in [1.54, 1.807) is 7.11 Å². The van der Waals surface area contributed by atoms with Crippen molar-refractivity contribution in [1.29, 1.82) is 0 Å². The molecule has 0 aromatic heterocycles. The molecule has 1 aromatic carbocycles. The summed E-state index contributed by atoms with van der Waals surface area (Å²) in [6.07, 6.45) is 10.8. The van der Waals surface area contributed by atoms with E-state index in [2.05, 4.69) is 30.4 Å². The fourth-order valence-corrected chi connectivity index (χ4v) is 4.14. The molecule has 2 aliphatic carbocycles. The maximum Gasteiger partial charge on any atom is 0.119 e. The Kier molecular flexibility index (Phi) is 4.84. The van der Waals surface area contributed by atoms with Crippen LogP contribution in [0.2, 0.25) is 0 Å². The normalized spacial score (nSPS) is 24.4. The number of aryl methyl sites for hydroxylation is 1. The fraction of sp³-hybridized carbons (Fsp3) is 0.684. The monoisotopic (exact) mass is 287 g/mol. The van der Waals surface area contributed by atoms with E-state index in [1.165, 1.54) is 56.1 Å². The van der Waals surface area contributed by atoms with E-state index in [9.17, 15) is 0 Å². The van der Waals surface area contributed by atoms with Crippen LogP contribution in [0.4, 0.5) is 0 Å². The van der Waals surface area contributed by atoms with E-state index in [0.29, 0.717) is 12.1 Å². The summed E-state index contributed by atoms with van der Waals surface area (Å²) in [5.74, 6) is 1.89. The van der Waals surface area contributed by atoms with Crippen molar-refractivity contribution >= 4 is 0 Å². The van der Waals surface area contributed by atoms with Crippen LogP contribution in [-0.2, 0) is 12.8 Å². The lowest BCUT2D eigenvalue weighted by Gasteiger charge is -2.34. The molecule has 0 heterocycles. The highest BCUT2D eigenvalue weighted by Gasteiger charge is 2.25. The number of hydrogen-bond acceptors (Lipinski definition) is 2. The Morgan fingerprint density at radius 2 is 1.90 bits per heavy atom. The van der Waals surface area contributed by atoms with Crippen LogP contribution in [-0.4, -0.2) is 19.2 Å². The molecule has 0 spiro atoms. The molecule has 2 heteroatoms. The van der Waals surface area contributed by atoms with Crippen molar-refractivity contribution in [2.45, 2.75) is 70.4 Å². The third-order valence-corrected chi connectivity index (χ3v) is 5.50. The van der Waals surface area contributed by atoms with Gasteiger partial charge in [-0.1, -0.05) is 25.3 Å². The number of fused-ring (bicyclic) bond motifs is 1. The SMILES string of the molecule is COc1ccc2c(c1)CC(N[C@@H](C)C1CCCCC1)CC2. The number of ether oxygens (including phenoxy) is 1. The molecule has 0 amide bonds. The summed E-state index contributed by atoms with van der Waals surface area (Å²) < 4.78 is 5.37. The predicted molar refractivity (Wildman–Crippen MR) is 88.0 cm³/mol. The first-order chi connectivity index (χ1) is 10.3. The van der Waals surface area contributed by atoms with E-state index >= 15 is 0 Å². The molecule has 0 bridgehead atoms. The second-order valence-electron chi connectivity index (χ2n) is 6.93. The second kappa shape index (κ2) is 6.83. The number of hydrogen-bond donors (Lipinski definition) is 1. The molecule has 116 valence electrons. The first-order valence-corrected chi connectivity index (χ1v) is 8.68. The van der Waals surface area contributed by atoms with Crippen molar-refractivity contribution in [2.75, 3.05) is 7.11 Å². The van der Waals surface area contributed by atoms with Crippen molar-refractivity contribution < 1.29 is 4.74 Å². The van der Waals surface area contributed by atoms with E-state index < -0.39 is 0 Å². The van der Waals surface area contributed by atoms with Gasteiger partial charge in [0.05, 0.1) is 7.11 Å². The zero-order valence-corrected chi connectivity index (χ0v) is 13.5. The third kappa shape index (κ3) is 3.60. The summed E-state index contributed by atoms with van der Waals surface area (Å²) in [6.45, 7) is 2.40. The Morgan fingerprint density at radius 1 is 1.10 bits per heavy atom. The molecule has 1 saturated carbocycles. The summed E-state index contributed by atoms with van der Waals surface area (Å²) >= 11 is 0. The summed E-state index contributed by atoms with van der Waals surface area (Å²) in [5, 5.41) is 3.93. The van der Waals surface area contributed by atoms with Crippen LogP contribution in [0.15, 0.2) is 18.2 Å². The van der Waals surface area contributed by atoms with Gasteiger partial charge in [0, 0.05) is 12.1 Å². The Labute approximate surface area is 129 Å². The Bertz CT molecular complexity index is 465. The summed E-state index contributed by atoms with van der Waals surface area (Å²) in [5.41, 5.74) is 2.99. The van der Waals surface area contributed by atoms with E-state index in [4.69, 9.17) is 4.74 Å². The van der Waals surface area contributed by atoms with Crippen molar-refractivity contribution in [3.63, 3.8) is 0 Å². The molecule has 1 unspecified atom stereocenters. The van der Waals surface area contributed by atoms with Gasteiger partial charge in [0.25, 0.3) is 0 Å². The molecule has 2 atom stereocenters. The zero-order valence-electron chi connectivity index (χ0n) is 13.5. The van der Waals surface area contributed by atoms with Crippen LogP contribution < -0.4 is 10.1 Å². The summed E-state index contributed by atoms with van der Waals surface area (Å²) in [4.78, 5) is 0. The lowest BCUT2D eigenvalue weighted by atomic mass is 9.83. The average Bonchev–Trinajstić information content (AvgIpc) is 2.55. The lowest BCUT2D eigenvalue weighted by molar-refractivity contribution is 0.257. The Hall–Kier alpha value is -1.02. The van der Waals surface area contributed by atoms with Crippen molar-refractivity contribution in [3.05, 3.63) is 29.3 Å². The number of benzene rings is 1. The molecule has 2 nitrogen and oxygen atoms in total. The van der Waals surface area contributed by atoms with Crippen molar-refractivity contribution in [3.8, 4) is 5.75 Å². The topological polar surface area (TPSA) is 21.3 Å². The van der Waals surface area contributed by atoms with Crippen LogP contribution >= 0.6 is 0 Å².